The molecule has 1 heterocycles. The quantitative estimate of drug-likeness (QED) is 0.650. The first-order chi connectivity index (χ1) is 12.1. The molecule has 0 spiro atoms. The molecule has 25 heavy (non-hydrogen) atoms. The summed E-state index contributed by atoms with van der Waals surface area (Å²) < 4.78 is 10.9. The van der Waals surface area contributed by atoms with Gasteiger partial charge in [0.2, 0.25) is 11.8 Å². The third-order valence-corrected chi connectivity index (χ3v) is 4.12. The highest BCUT2D eigenvalue weighted by Crippen LogP contribution is 2.32. The second-order valence-corrected chi connectivity index (χ2v) is 6.11. The van der Waals surface area contributed by atoms with E-state index in [1.807, 2.05) is 12.1 Å². The Bertz CT molecular complexity index is 905. The molecule has 5 nitrogen and oxygen atoms in total. The second kappa shape index (κ2) is 7.57. The van der Waals surface area contributed by atoms with Crippen molar-refractivity contribution in [1.82, 2.24) is 4.98 Å². The Morgan fingerprint density at radius 3 is 2.84 bits per heavy atom. The largest absolute Gasteiger partial charge is 0.495 e. The fourth-order valence-corrected chi connectivity index (χ4v) is 2.75. The van der Waals surface area contributed by atoms with Crippen LogP contribution in [0.4, 0.5) is 5.69 Å². The number of ether oxygens (including phenoxy) is 1. The molecule has 3 rings (SSSR count). The zero-order valence-corrected chi connectivity index (χ0v) is 14.9. The summed E-state index contributed by atoms with van der Waals surface area (Å²) in [7, 11) is 1.57. The molecule has 1 aromatic heterocycles. The van der Waals surface area contributed by atoms with Crippen molar-refractivity contribution in [3.63, 3.8) is 0 Å². The van der Waals surface area contributed by atoms with E-state index in [1.54, 1.807) is 31.4 Å². The Labute approximate surface area is 151 Å². The highest BCUT2D eigenvalue weighted by atomic mass is 35.5. The van der Waals surface area contributed by atoms with E-state index < -0.39 is 0 Å². The molecule has 0 saturated heterocycles. The van der Waals surface area contributed by atoms with Gasteiger partial charge in [0.05, 0.1) is 12.1 Å². The van der Waals surface area contributed by atoms with E-state index in [4.69, 9.17) is 20.8 Å². The lowest BCUT2D eigenvalue weighted by molar-refractivity contribution is -0.116. The number of amides is 1. The van der Waals surface area contributed by atoms with Crippen LogP contribution in [-0.2, 0) is 4.79 Å². The number of halogens is 1. The molecule has 0 bridgehead atoms. The van der Waals surface area contributed by atoms with E-state index >= 15 is 0 Å². The molecule has 1 amide bonds. The number of nitrogens with one attached hydrogen (secondary N) is 1. The van der Waals surface area contributed by atoms with Gasteiger partial charge in [0.15, 0.2) is 5.58 Å². The van der Waals surface area contributed by atoms with Gasteiger partial charge in [0.25, 0.3) is 0 Å². The minimum absolute atomic E-state index is 0.00635. The fraction of sp³-hybridized carbons (Fsp3) is 0.263. The van der Waals surface area contributed by atoms with Gasteiger partial charge in [-0.25, -0.2) is 4.98 Å². The number of unbranched alkanes of at least 4 members (excludes halogenated alkanes) is 1. The van der Waals surface area contributed by atoms with Crippen LogP contribution in [0.25, 0.3) is 22.6 Å². The molecule has 0 aliphatic heterocycles. The lowest BCUT2D eigenvalue weighted by atomic mass is 10.2. The number of carbonyl (C=O) groups excluding carboxylic acids is 1. The van der Waals surface area contributed by atoms with Crippen LogP contribution in [0.15, 0.2) is 40.8 Å². The first-order valence-corrected chi connectivity index (χ1v) is 8.53. The average molecular weight is 359 g/mol. The van der Waals surface area contributed by atoms with Crippen molar-refractivity contribution in [2.45, 2.75) is 26.2 Å². The maximum absolute atomic E-state index is 11.9. The summed E-state index contributed by atoms with van der Waals surface area (Å²) in [5.41, 5.74) is 2.79. The highest BCUT2D eigenvalue weighted by molar-refractivity contribution is 6.32. The van der Waals surface area contributed by atoms with Gasteiger partial charge >= 0.3 is 0 Å². The summed E-state index contributed by atoms with van der Waals surface area (Å²) in [5, 5.41) is 3.38. The molecule has 0 aliphatic rings. The van der Waals surface area contributed by atoms with Crippen molar-refractivity contribution in [2.75, 3.05) is 12.4 Å². The van der Waals surface area contributed by atoms with E-state index in [2.05, 4.69) is 17.2 Å². The van der Waals surface area contributed by atoms with E-state index in [9.17, 15) is 4.79 Å². The fourth-order valence-electron chi connectivity index (χ4n) is 2.49. The van der Waals surface area contributed by atoms with Crippen molar-refractivity contribution in [3.8, 4) is 17.2 Å². The van der Waals surface area contributed by atoms with E-state index in [-0.39, 0.29) is 5.91 Å². The number of fused-ring (bicyclic) bond motifs is 1. The summed E-state index contributed by atoms with van der Waals surface area (Å²) in [4.78, 5) is 16.3. The van der Waals surface area contributed by atoms with Gasteiger partial charge in [-0.1, -0.05) is 24.9 Å². The first-order valence-electron chi connectivity index (χ1n) is 8.15. The molecule has 0 radical (unpaired) electrons. The predicted octanol–water partition coefficient (Wildman–Crippen LogP) is 5.29. The number of rotatable bonds is 6. The van der Waals surface area contributed by atoms with Crippen molar-refractivity contribution in [3.05, 3.63) is 41.4 Å². The third-order valence-electron chi connectivity index (χ3n) is 3.83. The van der Waals surface area contributed by atoms with Crippen LogP contribution in [0.1, 0.15) is 26.2 Å². The Balaban J connectivity index is 1.85. The molecule has 0 aliphatic carbocycles. The number of anilines is 1. The monoisotopic (exact) mass is 358 g/mol. The van der Waals surface area contributed by atoms with Gasteiger partial charge in [0.1, 0.15) is 11.3 Å². The molecule has 2 aromatic carbocycles. The lowest BCUT2D eigenvalue weighted by Gasteiger charge is -2.03. The normalized spacial score (nSPS) is 10.8. The van der Waals surface area contributed by atoms with Crippen molar-refractivity contribution in [1.29, 1.82) is 0 Å². The molecule has 0 unspecified atom stereocenters. The van der Waals surface area contributed by atoms with Crippen LogP contribution in [0, 0.1) is 0 Å². The van der Waals surface area contributed by atoms with E-state index in [1.165, 1.54) is 0 Å². The Hall–Kier alpha value is -2.53. The van der Waals surface area contributed by atoms with Gasteiger partial charge in [-0.05, 0) is 42.8 Å². The van der Waals surface area contributed by atoms with Crippen LogP contribution in [-0.4, -0.2) is 18.0 Å². The van der Waals surface area contributed by atoms with E-state index in [0.717, 1.165) is 18.4 Å². The topological polar surface area (TPSA) is 64.4 Å². The summed E-state index contributed by atoms with van der Waals surface area (Å²) >= 11 is 6.16. The molecule has 0 saturated carbocycles. The zero-order valence-electron chi connectivity index (χ0n) is 14.1. The smallest absolute Gasteiger partial charge is 0.227 e. The standard InChI is InChI=1S/C19H19ClN2O3/c1-3-4-5-18(23)21-13-7-9-17-15(11-13)22-19(25-17)12-6-8-16(24-2)14(20)10-12/h6-11H,3-5H2,1-2H3,(H,21,23). The summed E-state index contributed by atoms with van der Waals surface area (Å²) in [5.74, 6) is 1.07. The summed E-state index contributed by atoms with van der Waals surface area (Å²) in [6, 6.07) is 10.8. The van der Waals surface area contributed by atoms with Crippen molar-refractivity contribution in [2.24, 2.45) is 0 Å². The number of methoxy groups -OCH3 is 1. The minimum atomic E-state index is 0.00635. The average Bonchev–Trinajstić information content (AvgIpc) is 3.03. The minimum Gasteiger partial charge on any atom is -0.495 e. The lowest BCUT2D eigenvalue weighted by Crippen LogP contribution is -2.10. The number of oxazole rings is 1. The molecule has 0 fully saturated rings. The van der Waals surface area contributed by atoms with Crippen LogP contribution >= 0.6 is 11.6 Å². The predicted molar refractivity (Wildman–Crippen MR) is 99.2 cm³/mol. The molecule has 6 heteroatoms. The van der Waals surface area contributed by atoms with Crippen molar-refractivity contribution >= 4 is 34.3 Å². The van der Waals surface area contributed by atoms with Crippen LogP contribution in [0.2, 0.25) is 5.02 Å². The SMILES string of the molecule is CCCCC(=O)Nc1ccc2oc(-c3ccc(OC)c(Cl)c3)nc2c1. The second-order valence-electron chi connectivity index (χ2n) is 5.70. The van der Waals surface area contributed by atoms with Crippen LogP contribution in [0.5, 0.6) is 5.75 Å². The summed E-state index contributed by atoms with van der Waals surface area (Å²) in [6.07, 6.45) is 2.38. The first kappa shape index (κ1) is 17.3. The van der Waals surface area contributed by atoms with Gasteiger partial charge in [-0.3, -0.25) is 4.79 Å². The van der Waals surface area contributed by atoms with Gasteiger partial charge in [-0.15, -0.1) is 0 Å². The number of hydrogen-bond donors (Lipinski definition) is 1. The maximum Gasteiger partial charge on any atom is 0.227 e. The molecule has 1 N–H and O–H groups in total. The molecular formula is C19H19ClN2O3. The number of carbonyl (C=O) groups is 1. The van der Waals surface area contributed by atoms with Crippen molar-refractivity contribution < 1.29 is 13.9 Å². The number of benzene rings is 2. The number of nitrogens with zero attached hydrogens (tertiary/aromatic N) is 1. The maximum atomic E-state index is 11.9. The Morgan fingerprint density at radius 1 is 1.28 bits per heavy atom. The van der Waals surface area contributed by atoms with Gasteiger partial charge in [0, 0.05) is 17.7 Å². The molecular weight excluding hydrogens is 340 g/mol. The van der Waals surface area contributed by atoms with Crippen LogP contribution in [0.3, 0.4) is 0 Å². The summed E-state index contributed by atoms with van der Waals surface area (Å²) in [6.45, 7) is 2.06. The molecule has 0 atom stereocenters. The highest BCUT2D eigenvalue weighted by Gasteiger charge is 2.12. The Kier molecular flexibility index (Phi) is 5.24. The number of hydrogen-bond acceptors (Lipinski definition) is 4. The Morgan fingerprint density at radius 2 is 2.12 bits per heavy atom. The number of aromatic nitrogens is 1. The molecule has 3 aromatic rings. The van der Waals surface area contributed by atoms with Gasteiger partial charge < -0.3 is 14.5 Å². The van der Waals surface area contributed by atoms with E-state index in [0.29, 0.717) is 39.9 Å². The van der Waals surface area contributed by atoms with Crippen LogP contribution < -0.4 is 10.1 Å². The zero-order chi connectivity index (χ0) is 17.8. The third kappa shape index (κ3) is 3.94. The molecule has 130 valence electrons. The van der Waals surface area contributed by atoms with Gasteiger partial charge in [-0.2, -0.15) is 0 Å².